The lowest BCUT2D eigenvalue weighted by molar-refractivity contribution is 0.756. The first kappa shape index (κ1) is 13.6. The van der Waals surface area contributed by atoms with E-state index in [1.54, 1.807) is 0 Å². The topological polar surface area (TPSA) is 51.6 Å². The van der Waals surface area contributed by atoms with Gasteiger partial charge in [0.1, 0.15) is 17.3 Å². The van der Waals surface area contributed by atoms with E-state index in [0.717, 1.165) is 48.7 Å². The molecule has 0 bridgehead atoms. The molecular weight excluding hydrogens is 236 g/mol. The highest BCUT2D eigenvalue weighted by atomic mass is 15.0. The predicted octanol–water partition coefficient (Wildman–Crippen LogP) is 3.15. The molecule has 2 aromatic rings. The summed E-state index contributed by atoms with van der Waals surface area (Å²) in [4.78, 5) is 18.1. The zero-order chi connectivity index (χ0) is 13.7. The average Bonchev–Trinajstić information content (AvgIpc) is 2.39. The van der Waals surface area contributed by atoms with Crippen LogP contribution in [0.1, 0.15) is 44.0 Å². The number of hydrogen-bond acceptors (Lipinski definition) is 4. The van der Waals surface area contributed by atoms with Gasteiger partial charge in [-0.05, 0) is 31.9 Å². The molecule has 0 aliphatic rings. The standard InChI is InChI=1S/C15H20N4/c1-4-7-13-17-14(8-5-2)19-15(18-13)12-10-6-9-11(3)16-12/h6,9-10H,4-5,7-8H2,1-3H3. The van der Waals surface area contributed by atoms with Gasteiger partial charge in [0.15, 0.2) is 5.82 Å². The third-order valence-corrected chi connectivity index (χ3v) is 2.79. The lowest BCUT2D eigenvalue weighted by atomic mass is 10.2. The van der Waals surface area contributed by atoms with Crippen LogP contribution < -0.4 is 0 Å². The SMILES string of the molecule is CCCc1nc(CCC)nc(-c2cccc(C)n2)n1. The van der Waals surface area contributed by atoms with Crippen LogP contribution in [0.2, 0.25) is 0 Å². The molecule has 0 atom stereocenters. The van der Waals surface area contributed by atoms with Crippen LogP contribution in [0, 0.1) is 6.92 Å². The monoisotopic (exact) mass is 256 g/mol. The summed E-state index contributed by atoms with van der Waals surface area (Å²) in [5, 5.41) is 0. The number of rotatable bonds is 5. The zero-order valence-electron chi connectivity index (χ0n) is 11.8. The van der Waals surface area contributed by atoms with Crippen LogP contribution in [0.5, 0.6) is 0 Å². The zero-order valence-corrected chi connectivity index (χ0v) is 11.8. The van der Waals surface area contributed by atoms with Gasteiger partial charge in [-0.1, -0.05) is 19.9 Å². The van der Waals surface area contributed by atoms with E-state index in [4.69, 9.17) is 0 Å². The second-order valence-electron chi connectivity index (χ2n) is 4.66. The Labute approximate surface area is 114 Å². The minimum atomic E-state index is 0.700. The van der Waals surface area contributed by atoms with E-state index in [-0.39, 0.29) is 0 Å². The van der Waals surface area contributed by atoms with Gasteiger partial charge in [0.25, 0.3) is 0 Å². The minimum absolute atomic E-state index is 0.700. The maximum atomic E-state index is 4.53. The molecule has 2 rings (SSSR count). The highest BCUT2D eigenvalue weighted by Gasteiger charge is 2.09. The van der Waals surface area contributed by atoms with Crippen molar-refractivity contribution in [3.05, 3.63) is 35.5 Å². The van der Waals surface area contributed by atoms with Gasteiger partial charge in [0, 0.05) is 18.5 Å². The van der Waals surface area contributed by atoms with E-state index >= 15 is 0 Å². The second kappa shape index (κ2) is 6.36. The molecule has 0 amide bonds. The first-order chi connectivity index (χ1) is 9.22. The normalized spacial score (nSPS) is 10.7. The van der Waals surface area contributed by atoms with Crippen molar-refractivity contribution in [2.75, 3.05) is 0 Å². The lowest BCUT2D eigenvalue weighted by Gasteiger charge is -2.06. The van der Waals surface area contributed by atoms with E-state index in [9.17, 15) is 0 Å². The molecule has 0 fully saturated rings. The Kier molecular flexibility index (Phi) is 4.55. The van der Waals surface area contributed by atoms with Gasteiger partial charge in [-0.3, -0.25) is 0 Å². The molecule has 0 saturated carbocycles. The summed E-state index contributed by atoms with van der Waals surface area (Å²) in [6.45, 7) is 6.24. The first-order valence-corrected chi connectivity index (χ1v) is 6.90. The molecule has 100 valence electrons. The largest absolute Gasteiger partial charge is 0.250 e. The molecule has 19 heavy (non-hydrogen) atoms. The van der Waals surface area contributed by atoms with E-state index in [1.165, 1.54) is 0 Å². The summed E-state index contributed by atoms with van der Waals surface area (Å²) >= 11 is 0. The molecule has 0 saturated heterocycles. The maximum absolute atomic E-state index is 4.53. The fraction of sp³-hybridized carbons (Fsp3) is 0.467. The smallest absolute Gasteiger partial charge is 0.181 e. The number of pyridine rings is 1. The van der Waals surface area contributed by atoms with Crippen LogP contribution >= 0.6 is 0 Å². The van der Waals surface area contributed by atoms with Gasteiger partial charge in [-0.15, -0.1) is 0 Å². The van der Waals surface area contributed by atoms with Gasteiger partial charge >= 0.3 is 0 Å². The van der Waals surface area contributed by atoms with Crippen LogP contribution in [-0.4, -0.2) is 19.9 Å². The molecule has 0 aliphatic heterocycles. The van der Waals surface area contributed by atoms with Crippen LogP contribution in [0.4, 0.5) is 0 Å². The number of aromatic nitrogens is 4. The highest BCUT2D eigenvalue weighted by Crippen LogP contribution is 2.14. The van der Waals surface area contributed by atoms with Crippen molar-refractivity contribution in [2.24, 2.45) is 0 Å². The summed E-state index contributed by atoms with van der Waals surface area (Å²) < 4.78 is 0. The van der Waals surface area contributed by atoms with Gasteiger partial charge in [0.2, 0.25) is 0 Å². The van der Waals surface area contributed by atoms with Crippen molar-refractivity contribution in [2.45, 2.75) is 46.5 Å². The first-order valence-electron chi connectivity index (χ1n) is 6.90. The highest BCUT2D eigenvalue weighted by molar-refractivity contribution is 5.48. The third-order valence-electron chi connectivity index (χ3n) is 2.79. The van der Waals surface area contributed by atoms with Crippen molar-refractivity contribution < 1.29 is 0 Å². The Morgan fingerprint density at radius 3 is 2.00 bits per heavy atom. The van der Waals surface area contributed by atoms with Gasteiger partial charge < -0.3 is 0 Å². The fourth-order valence-electron chi connectivity index (χ4n) is 1.92. The van der Waals surface area contributed by atoms with Crippen LogP contribution in [0.3, 0.4) is 0 Å². The van der Waals surface area contributed by atoms with Gasteiger partial charge in [0.05, 0.1) is 0 Å². The molecule has 2 aromatic heterocycles. The quantitative estimate of drug-likeness (QED) is 0.824. The Balaban J connectivity index is 2.43. The summed E-state index contributed by atoms with van der Waals surface area (Å²) in [6.07, 6.45) is 3.85. The van der Waals surface area contributed by atoms with Crippen molar-refractivity contribution in [1.29, 1.82) is 0 Å². The number of hydrogen-bond donors (Lipinski definition) is 0. The van der Waals surface area contributed by atoms with Crippen molar-refractivity contribution in [3.63, 3.8) is 0 Å². The van der Waals surface area contributed by atoms with Gasteiger partial charge in [-0.2, -0.15) is 0 Å². The van der Waals surface area contributed by atoms with E-state index < -0.39 is 0 Å². The summed E-state index contributed by atoms with van der Waals surface area (Å²) in [5.41, 5.74) is 1.81. The van der Waals surface area contributed by atoms with Gasteiger partial charge in [-0.25, -0.2) is 19.9 Å². The average molecular weight is 256 g/mol. The Morgan fingerprint density at radius 1 is 0.842 bits per heavy atom. The molecule has 0 spiro atoms. The van der Waals surface area contributed by atoms with E-state index in [0.29, 0.717) is 5.82 Å². The molecule has 0 aromatic carbocycles. The molecule has 2 heterocycles. The van der Waals surface area contributed by atoms with Crippen molar-refractivity contribution >= 4 is 0 Å². The Bertz CT molecular complexity index is 527. The Hall–Kier alpha value is -1.84. The summed E-state index contributed by atoms with van der Waals surface area (Å²) in [6, 6.07) is 5.92. The van der Waals surface area contributed by atoms with Crippen LogP contribution in [0.15, 0.2) is 18.2 Å². The molecule has 0 N–H and O–H groups in total. The van der Waals surface area contributed by atoms with Crippen LogP contribution in [-0.2, 0) is 12.8 Å². The molecule has 0 radical (unpaired) electrons. The van der Waals surface area contributed by atoms with E-state index in [1.807, 2.05) is 25.1 Å². The molecule has 0 unspecified atom stereocenters. The minimum Gasteiger partial charge on any atom is -0.250 e. The van der Waals surface area contributed by atoms with E-state index in [2.05, 4.69) is 33.8 Å². The fourth-order valence-corrected chi connectivity index (χ4v) is 1.92. The third kappa shape index (κ3) is 3.56. The number of nitrogens with zero attached hydrogens (tertiary/aromatic N) is 4. The Morgan fingerprint density at radius 2 is 1.47 bits per heavy atom. The summed E-state index contributed by atoms with van der Waals surface area (Å²) in [7, 11) is 0. The molecule has 4 heteroatoms. The molecule has 0 aliphatic carbocycles. The predicted molar refractivity (Wildman–Crippen MR) is 75.8 cm³/mol. The number of aryl methyl sites for hydroxylation is 3. The molecule has 4 nitrogen and oxygen atoms in total. The maximum Gasteiger partial charge on any atom is 0.181 e. The van der Waals surface area contributed by atoms with Crippen molar-refractivity contribution in [3.8, 4) is 11.5 Å². The lowest BCUT2D eigenvalue weighted by Crippen LogP contribution is -2.06. The van der Waals surface area contributed by atoms with Crippen LogP contribution in [0.25, 0.3) is 11.5 Å². The summed E-state index contributed by atoms with van der Waals surface area (Å²) in [5.74, 6) is 2.45. The second-order valence-corrected chi connectivity index (χ2v) is 4.66. The molecular formula is C15H20N4. The van der Waals surface area contributed by atoms with Crippen molar-refractivity contribution in [1.82, 2.24) is 19.9 Å².